The monoisotopic (exact) mass is 414 g/mol. The number of halogens is 1. The van der Waals surface area contributed by atoms with Gasteiger partial charge in [-0.25, -0.2) is 12.8 Å². The van der Waals surface area contributed by atoms with Gasteiger partial charge in [-0.15, -0.1) is 0 Å². The quantitative estimate of drug-likeness (QED) is 0.658. The normalized spacial score (nSPS) is 16.1. The Hall–Kier alpha value is -2.00. The summed E-state index contributed by atoms with van der Waals surface area (Å²) in [5.74, 6) is -1.77. The van der Waals surface area contributed by atoms with Crippen LogP contribution in [-0.2, 0) is 24.3 Å². The van der Waals surface area contributed by atoms with E-state index in [9.17, 15) is 22.4 Å². The number of rotatable bonds is 8. The summed E-state index contributed by atoms with van der Waals surface area (Å²) >= 11 is 0. The summed E-state index contributed by atoms with van der Waals surface area (Å²) < 4.78 is 44.5. The minimum absolute atomic E-state index is 0.0213. The van der Waals surface area contributed by atoms with Crippen molar-refractivity contribution >= 4 is 21.9 Å². The molecule has 9 heteroatoms. The lowest BCUT2D eigenvalue weighted by Gasteiger charge is -2.30. The second-order valence-corrected chi connectivity index (χ2v) is 8.76. The van der Waals surface area contributed by atoms with Crippen LogP contribution in [-0.4, -0.2) is 50.3 Å². The van der Waals surface area contributed by atoms with Crippen molar-refractivity contribution in [3.05, 3.63) is 30.1 Å². The molecule has 0 spiro atoms. The summed E-state index contributed by atoms with van der Waals surface area (Å²) in [6.45, 7) is 3.94. The number of benzene rings is 1. The van der Waals surface area contributed by atoms with Gasteiger partial charge in [0.05, 0.1) is 10.8 Å². The standard InChI is InChI=1S/C19H27FN2O5S/c1-3-16(4-2)21-18(23)13-27-19(24)14-9-11-22(12-10-14)28(25,26)17-7-5-15(20)6-8-17/h5-8,14,16H,3-4,9-13H2,1-2H3,(H,21,23). The van der Waals surface area contributed by atoms with Crippen LogP contribution < -0.4 is 5.32 Å². The van der Waals surface area contributed by atoms with E-state index < -0.39 is 27.7 Å². The third-order valence-corrected chi connectivity index (χ3v) is 6.85. The lowest BCUT2D eigenvalue weighted by Crippen LogP contribution is -2.41. The van der Waals surface area contributed by atoms with Crippen molar-refractivity contribution in [3.8, 4) is 0 Å². The van der Waals surface area contributed by atoms with Crippen LogP contribution in [0.5, 0.6) is 0 Å². The molecule has 0 aromatic heterocycles. The second-order valence-electron chi connectivity index (χ2n) is 6.82. The number of piperidine rings is 1. The second kappa shape index (κ2) is 9.97. The van der Waals surface area contributed by atoms with Crippen LogP contribution >= 0.6 is 0 Å². The molecule has 1 heterocycles. The molecule has 0 bridgehead atoms. The molecule has 0 radical (unpaired) electrons. The number of ether oxygens (including phenoxy) is 1. The molecule has 7 nitrogen and oxygen atoms in total. The van der Waals surface area contributed by atoms with Gasteiger partial charge in [-0.2, -0.15) is 4.31 Å². The Labute approximate surface area is 165 Å². The van der Waals surface area contributed by atoms with Gasteiger partial charge in [0.15, 0.2) is 6.61 Å². The molecule has 0 atom stereocenters. The molecule has 1 aliphatic heterocycles. The highest BCUT2D eigenvalue weighted by molar-refractivity contribution is 7.89. The number of carbonyl (C=O) groups is 2. The maximum atomic E-state index is 13.0. The van der Waals surface area contributed by atoms with E-state index in [0.717, 1.165) is 25.0 Å². The summed E-state index contributed by atoms with van der Waals surface area (Å²) in [4.78, 5) is 24.0. The van der Waals surface area contributed by atoms with Crippen molar-refractivity contribution in [1.82, 2.24) is 9.62 Å². The van der Waals surface area contributed by atoms with Gasteiger partial charge in [0.25, 0.3) is 5.91 Å². The van der Waals surface area contributed by atoms with Crippen molar-refractivity contribution in [2.75, 3.05) is 19.7 Å². The average molecular weight is 414 g/mol. The smallest absolute Gasteiger partial charge is 0.309 e. The highest BCUT2D eigenvalue weighted by Crippen LogP contribution is 2.24. The number of sulfonamides is 1. The SMILES string of the molecule is CCC(CC)NC(=O)COC(=O)C1CCN(S(=O)(=O)c2ccc(F)cc2)CC1. The number of carbonyl (C=O) groups excluding carboxylic acids is 2. The van der Waals surface area contributed by atoms with E-state index in [1.807, 2.05) is 13.8 Å². The van der Waals surface area contributed by atoms with Crippen molar-refractivity contribution in [2.45, 2.75) is 50.5 Å². The first kappa shape index (κ1) is 22.3. The van der Waals surface area contributed by atoms with Gasteiger partial charge in [0.1, 0.15) is 5.82 Å². The Kier molecular flexibility index (Phi) is 7.94. The van der Waals surface area contributed by atoms with Crippen molar-refractivity contribution in [2.24, 2.45) is 5.92 Å². The van der Waals surface area contributed by atoms with Gasteiger partial charge in [-0.1, -0.05) is 13.8 Å². The zero-order valence-corrected chi connectivity index (χ0v) is 17.0. The first-order valence-corrected chi connectivity index (χ1v) is 10.9. The third kappa shape index (κ3) is 5.75. The molecule has 156 valence electrons. The third-order valence-electron chi connectivity index (χ3n) is 4.93. The van der Waals surface area contributed by atoms with Crippen LogP contribution in [0.1, 0.15) is 39.5 Å². The summed E-state index contributed by atoms with van der Waals surface area (Å²) in [5, 5.41) is 2.79. The molecule has 1 N–H and O–H groups in total. The summed E-state index contributed by atoms with van der Waals surface area (Å²) in [6, 6.07) is 4.71. The molecule has 2 rings (SSSR count). The fourth-order valence-corrected chi connectivity index (χ4v) is 4.57. The Morgan fingerprint density at radius 2 is 1.75 bits per heavy atom. The molecule has 0 aliphatic carbocycles. The van der Waals surface area contributed by atoms with E-state index in [2.05, 4.69) is 5.32 Å². The van der Waals surface area contributed by atoms with Gasteiger partial charge in [-0.3, -0.25) is 9.59 Å². The molecule has 1 aliphatic rings. The van der Waals surface area contributed by atoms with Crippen LogP contribution in [0.15, 0.2) is 29.2 Å². The van der Waals surface area contributed by atoms with Gasteiger partial charge < -0.3 is 10.1 Å². The van der Waals surface area contributed by atoms with E-state index in [0.29, 0.717) is 12.8 Å². The first-order chi connectivity index (χ1) is 13.3. The predicted molar refractivity (Wildman–Crippen MR) is 101 cm³/mol. The molecule has 28 heavy (non-hydrogen) atoms. The Morgan fingerprint density at radius 3 is 2.29 bits per heavy atom. The zero-order valence-electron chi connectivity index (χ0n) is 16.2. The Morgan fingerprint density at radius 1 is 1.18 bits per heavy atom. The lowest BCUT2D eigenvalue weighted by atomic mass is 9.98. The van der Waals surface area contributed by atoms with E-state index >= 15 is 0 Å². The average Bonchev–Trinajstić information content (AvgIpc) is 2.70. The molecule has 1 fully saturated rings. The molecule has 0 saturated carbocycles. The number of hydrogen-bond donors (Lipinski definition) is 1. The number of esters is 1. The lowest BCUT2D eigenvalue weighted by molar-refractivity contribution is -0.153. The van der Waals surface area contributed by atoms with E-state index in [-0.39, 0.29) is 36.5 Å². The van der Waals surface area contributed by atoms with Gasteiger partial charge in [0.2, 0.25) is 10.0 Å². The molecular weight excluding hydrogens is 387 g/mol. The maximum absolute atomic E-state index is 13.0. The topological polar surface area (TPSA) is 92.8 Å². The van der Waals surface area contributed by atoms with E-state index in [4.69, 9.17) is 4.74 Å². The summed E-state index contributed by atoms with van der Waals surface area (Å²) in [5.41, 5.74) is 0. The van der Waals surface area contributed by atoms with Crippen molar-refractivity contribution < 1.29 is 27.1 Å². The molecular formula is C19H27FN2O5S. The van der Waals surface area contributed by atoms with Crippen LogP contribution in [0, 0.1) is 11.7 Å². The number of hydrogen-bond acceptors (Lipinski definition) is 5. The highest BCUT2D eigenvalue weighted by Gasteiger charge is 2.33. The van der Waals surface area contributed by atoms with E-state index in [1.54, 1.807) is 0 Å². The fraction of sp³-hybridized carbons (Fsp3) is 0.579. The predicted octanol–water partition coefficient (Wildman–Crippen LogP) is 2.07. The van der Waals surface area contributed by atoms with Crippen LogP contribution in [0.3, 0.4) is 0 Å². The zero-order chi connectivity index (χ0) is 20.7. The molecule has 1 aromatic carbocycles. The first-order valence-electron chi connectivity index (χ1n) is 9.49. The van der Waals surface area contributed by atoms with Gasteiger partial charge in [-0.05, 0) is 49.9 Å². The number of amides is 1. The van der Waals surface area contributed by atoms with Crippen molar-refractivity contribution in [3.63, 3.8) is 0 Å². The van der Waals surface area contributed by atoms with Crippen LogP contribution in [0.2, 0.25) is 0 Å². The Bertz CT molecular complexity index is 770. The van der Waals surface area contributed by atoms with Crippen molar-refractivity contribution in [1.29, 1.82) is 0 Å². The summed E-state index contributed by atoms with van der Waals surface area (Å²) in [6.07, 6.45) is 2.23. The fourth-order valence-electron chi connectivity index (χ4n) is 3.10. The van der Waals surface area contributed by atoms with Gasteiger partial charge >= 0.3 is 5.97 Å². The van der Waals surface area contributed by atoms with Gasteiger partial charge in [0, 0.05) is 19.1 Å². The van der Waals surface area contributed by atoms with E-state index in [1.165, 1.54) is 16.4 Å². The van der Waals surface area contributed by atoms with Crippen LogP contribution in [0.4, 0.5) is 4.39 Å². The number of nitrogens with one attached hydrogen (secondary N) is 1. The maximum Gasteiger partial charge on any atom is 0.309 e. The summed E-state index contributed by atoms with van der Waals surface area (Å²) in [7, 11) is -3.72. The molecule has 0 unspecified atom stereocenters. The van der Waals surface area contributed by atoms with Crippen LogP contribution in [0.25, 0.3) is 0 Å². The highest BCUT2D eigenvalue weighted by atomic mass is 32.2. The minimum atomic E-state index is -3.72. The molecule has 1 aromatic rings. The largest absolute Gasteiger partial charge is 0.455 e. The Balaban J connectivity index is 1.83. The minimum Gasteiger partial charge on any atom is -0.455 e. The number of nitrogens with zero attached hydrogens (tertiary/aromatic N) is 1. The molecule has 1 saturated heterocycles. The molecule has 1 amide bonds.